The first-order valence-corrected chi connectivity index (χ1v) is 8.71. The van der Waals surface area contributed by atoms with Gasteiger partial charge in [0.1, 0.15) is 17.7 Å². The van der Waals surface area contributed by atoms with Crippen LogP contribution in [-0.4, -0.2) is 22.0 Å². The van der Waals surface area contributed by atoms with Crippen LogP contribution >= 0.6 is 11.6 Å². The molecular formula is C20H14ClFN6. The van der Waals surface area contributed by atoms with Crippen molar-refractivity contribution in [1.82, 2.24) is 15.0 Å². The number of hydrogen-bond donors (Lipinski definition) is 2. The van der Waals surface area contributed by atoms with Crippen LogP contribution < -0.4 is 10.2 Å². The lowest BCUT2D eigenvalue weighted by molar-refractivity contribution is 0.628. The van der Waals surface area contributed by atoms with Crippen LogP contribution in [0.3, 0.4) is 0 Å². The van der Waals surface area contributed by atoms with Crippen molar-refractivity contribution in [3.05, 3.63) is 71.5 Å². The zero-order valence-corrected chi connectivity index (χ0v) is 15.5. The minimum absolute atomic E-state index is 0.00142. The van der Waals surface area contributed by atoms with Gasteiger partial charge in [-0.25, -0.2) is 9.37 Å². The van der Waals surface area contributed by atoms with Gasteiger partial charge in [-0.2, -0.15) is 5.26 Å². The van der Waals surface area contributed by atoms with E-state index < -0.39 is 5.82 Å². The fourth-order valence-electron chi connectivity index (χ4n) is 2.90. The van der Waals surface area contributed by atoms with Gasteiger partial charge in [0, 0.05) is 30.0 Å². The second-order valence-electron chi connectivity index (χ2n) is 6.11. The summed E-state index contributed by atoms with van der Waals surface area (Å²) in [4.78, 5) is 13.4. The average Bonchev–Trinajstić information content (AvgIpc) is 3.25. The highest BCUT2D eigenvalue weighted by atomic mass is 35.5. The number of aromatic nitrogens is 3. The van der Waals surface area contributed by atoms with E-state index in [-0.39, 0.29) is 5.02 Å². The van der Waals surface area contributed by atoms with E-state index in [4.69, 9.17) is 11.6 Å². The lowest BCUT2D eigenvalue weighted by Gasteiger charge is -2.19. The lowest BCUT2D eigenvalue weighted by atomic mass is 10.1. The van der Waals surface area contributed by atoms with Crippen LogP contribution in [0.5, 0.6) is 0 Å². The maximum atomic E-state index is 13.5. The van der Waals surface area contributed by atoms with Crippen LogP contribution in [0.1, 0.15) is 5.56 Å². The molecule has 2 N–H and O–H groups in total. The van der Waals surface area contributed by atoms with E-state index in [1.165, 1.54) is 18.3 Å². The largest absolute Gasteiger partial charge is 0.354 e. The summed E-state index contributed by atoms with van der Waals surface area (Å²) in [5.41, 5.74) is 3.12. The van der Waals surface area contributed by atoms with Crippen molar-refractivity contribution in [3.8, 4) is 6.07 Å². The highest BCUT2D eigenvalue weighted by molar-refractivity contribution is 6.31. The van der Waals surface area contributed by atoms with Gasteiger partial charge in [-0.3, -0.25) is 4.98 Å². The zero-order valence-electron chi connectivity index (χ0n) is 14.7. The summed E-state index contributed by atoms with van der Waals surface area (Å²) in [5, 5.41) is 13.5. The number of halogens is 2. The molecule has 0 atom stereocenters. The number of anilines is 4. The van der Waals surface area contributed by atoms with E-state index in [0.717, 1.165) is 22.4 Å². The number of benzene rings is 2. The number of nitrogens with one attached hydrogen (secondary N) is 2. The normalized spacial score (nSPS) is 10.6. The van der Waals surface area contributed by atoms with Crippen molar-refractivity contribution in [2.24, 2.45) is 0 Å². The van der Waals surface area contributed by atoms with E-state index in [2.05, 4.69) is 26.3 Å². The number of H-pyrrole nitrogens is 1. The second-order valence-corrected chi connectivity index (χ2v) is 6.52. The van der Waals surface area contributed by atoms with Gasteiger partial charge < -0.3 is 15.2 Å². The quantitative estimate of drug-likeness (QED) is 0.503. The molecule has 2 aromatic carbocycles. The predicted molar refractivity (Wildman–Crippen MR) is 108 cm³/mol. The Balaban J connectivity index is 1.84. The summed E-state index contributed by atoms with van der Waals surface area (Å²) in [6, 6.07) is 12.2. The Bertz CT molecular complexity index is 1200. The molecule has 2 heterocycles. The minimum Gasteiger partial charge on any atom is -0.354 e. The Kier molecular flexibility index (Phi) is 4.55. The van der Waals surface area contributed by atoms with E-state index in [9.17, 15) is 9.65 Å². The number of fused-ring (bicyclic) bond motifs is 1. The lowest BCUT2D eigenvalue weighted by Crippen LogP contribution is -2.09. The molecule has 8 heteroatoms. The monoisotopic (exact) mass is 392 g/mol. The third-order valence-electron chi connectivity index (χ3n) is 4.39. The highest BCUT2D eigenvalue weighted by Gasteiger charge is 2.13. The molecule has 4 rings (SSSR count). The number of nitrogens with zero attached hydrogens (tertiary/aromatic N) is 4. The number of pyridine rings is 1. The molecule has 0 aliphatic rings. The number of imidazole rings is 1. The van der Waals surface area contributed by atoms with Gasteiger partial charge in [-0.1, -0.05) is 11.6 Å². The topological polar surface area (TPSA) is 80.6 Å². The van der Waals surface area contributed by atoms with Gasteiger partial charge in [0.05, 0.1) is 34.3 Å². The summed E-state index contributed by atoms with van der Waals surface area (Å²) in [6.07, 6.45) is 4.83. The van der Waals surface area contributed by atoms with Gasteiger partial charge in [-0.15, -0.1) is 0 Å². The Hall–Kier alpha value is -3.63. The van der Waals surface area contributed by atoms with E-state index in [1.54, 1.807) is 18.6 Å². The number of aromatic amines is 1. The van der Waals surface area contributed by atoms with Crippen LogP contribution in [0.2, 0.25) is 5.02 Å². The molecule has 0 bridgehead atoms. The van der Waals surface area contributed by atoms with Gasteiger partial charge in [-0.05, 0) is 36.4 Å². The molecule has 0 unspecified atom stereocenters. The molecule has 4 aromatic rings. The third kappa shape index (κ3) is 3.21. The van der Waals surface area contributed by atoms with Crippen LogP contribution in [-0.2, 0) is 0 Å². The summed E-state index contributed by atoms with van der Waals surface area (Å²) in [6.45, 7) is 0. The smallest absolute Gasteiger partial charge is 0.141 e. The Morgan fingerprint density at radius 3 is 2.79 bits per heavy atom. The molecule has 0 amide bonds. The van der Waals surface area contributed by atoms with Gasteiger partial charge in [0.2, 0.25) is 0 Å². The first-order valence-electron chi connectivity index (χ1n) is 8.34. The van der Waals surface area contributed by atoms with E-state index >= 15 is 0 Å². The molecule has 0 spiro atoms. The Morgan fingerprint density at radius 1 is 1.21 bits per heavy atom. The van der Waals surface area contributed by atoms with Crippen molar-refractivity contribution in [2.45, 2.75) is 0 Å². The van der Waals surface area contributed by atoms with Crippen LogP contribution in [0.15, 0.2) is 55.1 Å². The molecule has 0 saturated heterocycles. The maximum Gasteiger partial charge on any atom is 0.141 e. The molecule has 6 nitrogen and oxygen atoms in total. The Morgan fingerprint density at radius 2 is 2.07 bits per heavy atom. The van der Waals surface area contributed by atoms with Gasteiger partial charge in [0.25, 0.3) is 0 Å². The molecule has 0 aliphatic heterocycles. The molecule has 0 radical (unpaired) electrons. The van der Waals surface area contributed by atoms with Crippen molar-refractivity contribution < 1.29 is 4.39 Å². The minimum atomic E-state index is -0.504. The molecule has 138 valence electrons. The molecule has 28 heavy (non-hydrogen) atoms. The van der Waals surface area contributed by atoms with E-state index in [0.29, 0.717) is 16.9 Å². The Labute approximate surface area is 165 Å². The number of hydrogen-bond acceptors (Lipinski definition) is 5. The van der Waals surface area contributed by atoms with E-state index in [1.807, 2.05) is 30.1 Å². The first-order chi connectivity index (χ1) is 13.6. The number of rotatable bonds is 4. The summed E-state index contributed by atoms with van der Waals surface area (Å²) >= 11 is 5.89. The van der Waals surface area contributed by atoms with Crippen molar-refractivity contribution in [1.29, 1.82) is 5.26 Å². The SMILES string of the molecule is CN(c1ccc2ncc(C#N)c(Nc3ccc(F)c(Cl)c3)c2c1)c1cnc[nH]1. The fraction of sp³-hybridized carbons (Fsp3) is 0.0500. The predicted octanol–water partition coefficient (Wildman–Crippen LogP) is 5.13. The van der Waals surface area contributed by atoms with Crippen molar-refractivity contribution in [2.75, 3.05) is 17.3 Å². The third-order valence-corrected chi connectivity index (χ3v) is 4.68. The molecule has 0 aliphatic carbocycles. The van der Waals surface area contributed by atoms with Crippen molar-refractivity contribution in [3.63, 3.8) is 0 Å². The summed E-state index contributed by atoms with van der Waals surface area (Å²) < 4.78 is 13.5. The number of nitriles is 1. The zero-order chi connectivity index (χ0) is 19.7. The molecular weight excluding hydrogens is 379 g/mol. The molecule has 0 fully saturated rings. The summed E-state index contributed by atoms with van der Waals surface area (Å²) in [7, 11) is 1.91. The fourth-order valence-corrected chi connectivity index (χ4v) is 3.08. The highest BCUT2D eigenvalue weighted by Crippen LogP contribution is 2.33. The standard InChI is InChI=1S/C20H14ClFN6/c1-28(19-10-24-11-26-19)14-3-5-18-15(7-14)20(12(8-23)9-25-18)27-13-2-4-17(22)16(21)6-13/h2-7,9-11H,1H3,(H,24,26)(H,25,27). The second kappa shape index (κ2) is 7.18. The van der Waals surface area contributed by atoms with Crippen LogP contribution in [0, 0.1) is 17.1 Å². The average molecular weight is 393 g/mol. The van der Waals surface area contributed by atoms with Crippen LogP contribution in [0.25, 0.3) is 10.9 Å². The van der Waals surface area contributed by atoms with Gasteiger partial charge in [0.15, 0.2) is 0 Å². The van der Waals surface area contributed by atoms with Crippen molar-refractivity contribution >= 4 is 45.4 Å². The molecule has 0 saturated carbocycles. The van der Waals surface area contributed by atoms with Crippen LogP contribution in [0.4, 0.5) is 27.3 Å². The molecule has 2 aromatic heterocycles. The van der Waals surface area contributed by atoms with Gasteiger partial charge >= 0.3 is 0 Å². The maximum absolute atomic E-state index is 13.5. The summed E-state index contributed by atoms with van der Waals surface area (Å²) in [5.74, 6) is 0.319. The first kappa shape index (κ1) is 17.8.